The second-order valence-electron chi connectivity index (χ2n) is 10.6. The van der Waals surface area contributed by atoms with Gasteiger partial charge in [0.25, 0.3) is 5.91 Å². The fraction of sp³-hybridized carbons (Fsp3) is 0.464. The van der Waals surface area contributed by atoms with E-state index in [0.717, 1.165) is 37.2 Å². The van der Waals surface area contributed by atoms with Crippen LogP contribution in [0.4, 0.5) is 5.82 Å². The van der Waals surface area contributed by atoms with E-state index in [4.69, 9.17) is 27.2 Å². The Morgan fingerprint density at radius 3 is 2.62 bits per heavy atom. The lowest BCUT2D eigenvalue weighted by molar-refractivity contribution is -0.127. The third kappa shape index (κ3) is 4.51. The lowest BCUT2D eigenvalue weighted by Gasteiger charge is -2.22. The summed E-state index contributed by atoms with van der Waals surface area (Å²) in [6.45, 7) is 4.36. The van der Waals surface area contributed by atoms with Crippen molar-refractivity contribution in [3.05, 3.63) is 52.1 Å². The number of primary amides is 1. The van der Waals surface area contributed by atoms with E-state index in [1.54, 1.807) is 23.7 Å². The zero-order chi connectivity index (χ0) is 28.1. The van der Waals surface area contributed by atoms with Gasteiger partial charge in [0.1, 0.15) is 17.2 Å². The van der Waals surface area contributed by atoms with Crippen LogP contribution in [0.3, 0.4) is 0 Å². The highest BCUT2D eigenvalue weighted by molar-refractivity contribution is 6.32. The Hall–Kier alpha value is -3.88. The molecule has 3 N–H and O–H groups in total. The van der Waals surface area contributed by atoms with Crippen LogP contribution in [0.1, 0.15) is 83.1 Å². The molecule has 2 atom stereocenters. The third-order valence-corrected chi connectivity index (χ3v) is 8.17. The highest BCUT2D eigenvalue weighted by Gasteiger charge is 2.38. The number of methoxy groups -OCH3 is 1. The van der Waals surface area contributed by atoms with E-state index >= 15 is 0 Å². The Morgan fingerprint density at radius 1 is 1.25 bits per heavy atom. The van der Waals surface area contributed by atoms with Gasteiger partial charge in [-0.05, 0) is 56.1 Å². The Morgan fingerprint density at radius 2 is 2.00 bits per heavy atom. The van der Waals surface area contributed by atoms with Crippen molar-refractivity contribution < 1.29 is 14.3 Å². The van der Waals surface area contributed by atoms with Gasteiger partial charge in [-0.1, -0.05) is 24.1 Å². The summed E-state index contributed by atoms with van der Waals surface area (Å²) in [7, 11) is 3.29. The quantitative estimate of drug-likeness (QED) is 0.318. The second-order valence-corrected chi connectivity index (χ2v) is 11.0. The molecule has 208 valence electrons. The van der Waals surface area contributed by atoms with E-state index in [0.29, 0.717) is 53.5 Å². The summed E-state index contributed by atoms with van der Waals surface area (Å²) in [5.41, 5.74) is 8.49. The van der Waals surface area contributed by atoms with Crippen molar-refractivity contribution in [3.8, 4) is 11.8 Å². The number of carbonyl (C=O) groups excluding carboxylic acids is 2. The molecule has 3 aliphatic rings. The molecule has 0 spiro atoms. The van der Waals surface area contributed by atoms with E-state index in [9.17, 15) is 9.59 Å². The number of hydrogen-bond acceptors (Lipinski definition) is 7. The maximum atomic E-state index is 12.6. The molecule has 0 radical (unpaired) electrons. The van der Waals surface area contributed by atoms with Crippen molar-refractivity contribution in [1.29, 1.82) is 0 Å². The van der Waals surface area contributed by atoms with Crippen LogP contribution in [0.2, 0.25) is 5.02 Å². The minimum Gasteiger partial charge on any atom is -0.383 e. The van der Waals surface area contributed by atoms with Crippen LogP contribution in [0, 0.1) is 11.8 Å². The molecule has 11 nitrogen and oxygen atoms in total. The zero-order valence-corrected chi connectivity index (χ0v) is 23.2. The SMILES string of the molecule is C=CC(=O)N1C[C@@H](n2nc(C#Cc3c(Cl)cc(C4CC4)n4c(C5CC5)nnc34)c(C(N)=O)c2NC)C[C@@H]1COC. The van der Waals surface area contributed by atoms with Crippen molar-refractivity contribution in [2.45, 2.75) is 56.0 Å². The van der Waals surface area contributed by atoms with Crippen molar-refractivity contribution in [1.82, 2.24) is 29.3 Å². The molecule has 40 heavy (non-hydrogen) atoms. The van der Waals surface area contributed by atoms with E-state index in [-0.39, 0.29) is 29.2 Å². The van der Waals surface area contributed by atoms with Crippen LogP contribution in [0.25, 0.3) is 5.65 Å². The van der Waals surface area contributed by atoms with Crippen LogP contribution in [0.15, 0.2) is 18.7 Å². The number of carbonyl (C=O) groups is 2. The van der Waals surface area contributed by atoms with Gasteiger partial charge in [0, 0.05) is 32.3 Å². The van der Waals surface area contributed by atoms with Gasteiger partial charge in [-0.2, -0.15) is 5.10 Å². The molecular weight excluding hydrogens is 532 g/mol. The predicted octanol–water partition coefficient (Wildman–Crippen LogP) is 2.85. The van der Waals surface area contributed by atoms with Gasteiger partial charge in [-0.15, -0.1) is 10.2 Å². The lowest BCUT2D eigenvalue weighted by Crippen LogP contribution is -2.37. The van der Waals surface area contributed by atoms with Gasteiger partial charge in [-0.3, -0.25) is 14.0 Å². The number of rotatable bonds is 8. The van der Waals surface area contributed by atoms with Crippen LogP contribution in [-0.2, 0) is 9.53 Å². The average molecular weight is 563 g/mol. The summed E-state index contributed by atoms with van der Waals surface area (Å²) in [6, 6.07) is 1.58. The highest BCUT2D eigenvalue weighted by atomic mass is 35.5. The minimum atomic E-state index is -0.663. The number of aromatic nitrogens is 5. The van der Waals surface area contributed by atoms with Crippen LogP contribution in [-0.4, -0.2) is 74.4 Å². The number of hydrogen-bond donors (Lipinski definition) is 2. The van der Waals surface area contributed by atoms with E-state index in [1.807, 2.05) is 6.07 Å². The Bertz CT molecular complexity index is 1590. The maximum Gasteiger partial charge on any atom is 0.255 e. The summed E-state index contributed by atoms with van der Waals surface area (Å²) in [5, 5.41) is 17.2. The smallest absolute Gasteiger partial charge is 0.255 e. The first-order chi connectivity index (χ1) is 19.4. The van der Waals surface area contributed by atoms with Gasteiger partial charge in [-0.25, -0.2) is 4.68 Å². The summed E-state index contributed by atoms with van der Waals surface area (Å²) in [6.07, 6.45) is 6.30. The molecule has 0 bridgehead atoms. The van der Waals surface area contributed by atoms with Gasteiger partial charge in [0.15, 0.2) is 11.3 Å². The lowest BCUT2D eigenvalue weighted by atomic mass is 10.1. The third-order valence-electron chi connectivity index (χ3n) is 7.88. The van der Waals surface area contributed by atoms with Crippen molar-refractivity contribution in [2.75, 3.05) is 32.6 Å². The second kappa shape index (κ2) is 10.3. The number of ether oxygens (including phenoxy) is 1. The van der Waals surface area contributed by atoms with Gasteiger partial charge in [0.2, 0.25) is 5.91 Å². The van der Waals surface area contributed by atoms with E-state index < -0.39 is 5.91 Å². The fourth-order valence-electron chi connectivity index (χ4n) is 5.67. The number of nitrogens with one attached hydrogen (secondary N) is 1. The van der Waals surface area contributed by atoms with E-state index in [2.05, 4.69) is 38.3 Å². The summed E-state index contributed by atoms with van der Waals surface area (Å²) in [5.74, 6) is 7.59. The van der Waals surface area contributed by atoms with Gasteiger partial charge >= 0.3 is 0 Å². The number of likely N-dealkylation sites (tertiary alicyclic amines) is 1. The molecule has 2 saturated carbocycles. The first kappa shape index (κ1) is 26.3. The number of fused-ring (bicyclic) bond motifs is 1. The molecule has 3 aromatic heterocycles. The summed E-state index contributed by atoms with van der Waals surface area (Å²) < 4.78 is 9.16. The number of halogens is 1. The average Bonchev–Trinajstić information content (AvgIpc) is 3.85. The molecule has 3 fully saturated rings. The first-order valence-electron chi connectivity index (χ1n) is 13.5. The molecule has 1 aliphatic heterocycles. The Labute approximate surface area is 236 Å². The normalized spacial score (nSPS) is 20.4. The first-order valence-corrected chi connectivity index (χ1v) is 13.8. The van der Waals surface area contributed by atoms with Crippen LogP contribution in [0.5, 0.6) is 0 Å². The monoisotopic (exact) mass is 562 g/mol. The minimum absolute atomic E-state index is 0.161. The van der Waals surface area contributed by atoms with E-state index in [1.165, 1.54) is 6.08 Å². The topological polar surface area (TPSA) is 133 Å². The standard InChI is InChI=1S/C28H31ClN8O3/c1-4-23(38)35-13-17(11-18(35)14-40-3)37-28(31-2)24(25(30)39)21(34-37)10-9-19-20(29)12-22(15-5-6-15)36-26(16-7-8-16)32-33-27(19)36/h4,12,15-18,31H,1,5-8,11,13-14H2,2-3H3,(H2,30,39)/t17-,18+/m0/s1. The zero-order valence-electron chi connectivity index (χ0n) is 22.5. The van der Waals surface area contributed by atoms with Gasteiger partial charge in [0.05, 0.1) is 29.3 Å². The number of pyridine rings is 1. The van der Waals surface area contributed by atoms with Crippen molar-refractivity contribution >= 4 is 34.9 Å². The molecule has 1 saturated heterocycles. The molecule has 0 aromatic carbocycles. The number of nitrogens with zero attached hydrogens (tertiary/aromatic N) is 6. The highest BCUT2D eigenvalue weighted by Crippen LogP contribution is 2.45. The summed E-state index contributed by atoms with van der Waals surface area (Å²) >= 11 is 6.76. The maximum absolute atomic E-state index is 12.6. The Kier molecular flexibility index (Phi) is 6.76. The largest absolute Gasteiger partial charge is 0.383 e. The molecule has 3 aromatic rings. The molecule has 0 unspecified atom stereocenters. The number of amides is 2. The predicted molar refractivity (Wildman–Crippen MR) is 149 cm³/mol. The van der Waals surface area contributed by atoms with Crippen molar-refractivity contribution in [3.63, 3.8) is 0 Å². The fourth-order valence-corrected chi connectivity index (χ4v) is 5.92. The molecule has 12 heteroatoms. The molecule has 6 rings (SSSR count). The molecule has 2 aliphatic carbocycles. The van der Waals surface area contributed by atoms with Crippen LogP contribution < -0.4 is 11.1 Å². The molecular formula is C28H31ClN8O3. The van der Waals surface area contributed by atoms with Crippen molar-refractivity contribution in [2.24, 2.45) is 5.73 Å². The summed E-state index contributed by atoms with van der Waals surface area (Å²) in [4.78, 5) is 26.8. The van der Waals surface area contributed by atoms with Gasteiger partial charge < -0.3 is 20.7 Å². The Balaban J connectivity index is 1.42. The number of nitrogens with two attached hydrogens (primary N) is 1. The number of anilines is 1. The molecule has 4 heterocycles. The molecule has 2 amide bonds. The van der Waals surface area contributed by atoms with Crippen LogP contribution >= 0.6 is 11.6 Å².